The van der Waals surface area contributed by atoms with Crippen molar-refractivity contribution in [3.05, 3.63) is 18.2 Å². The number of carboxylic acids is 1. The molecule has 1 aliphatic heterocycles. The zero-order valence-corrected chi connectivity index (χ0v) is 26.2. The molecule has 2 heterocycles. The predicted molar refractivity (Wildman–Crippen MR) is 156 cm³/mol. The molecule has 1 fully saturated rings. The molecule has 9 N–H and O–H groups in total. The first-order chi connectivity index (χ1) is 20.8. The van der Waals surface area contributed by atoms with E-state index in [1.54, 1.807) is 13.8 Å². The minimum atomic E-state index is -5.08. The first-order valence-corrected chi connectivity index (χ1v) is 15.6. The first kappa shape index (κ1) is 39.0. The third-order valence-corrected chi connectivity index (χ3v) is 8.18. The Morgan fingerprint density at radius 3 is 2.11 bits per heavy atom. The minimum absolute atomic E-state index is 0.0396. The van der Waals surface area contributed by atoms with E-state index in [4.69, 9.17) is 15.6 Å². The molecule has 2 rings (SSSR count). The van der Waals surface area contributed by atoms with Crippen molar-refractivity contribution in [2.24, 2.45) is 11.7 Å². The summed E-state index contributed by atoms with van der Waals surface area (Å²) < 4.78 is 31.7. The number of hydrogen-bond acceptors (Lipinski definition) is 10. The molecule has 252 valence electrons. The van der Waals surface area contributed by atoms with Crippen LogP contribution in [0.1, 0.15) is 33.4 Å². The Bertz CT molecular complexity index is 1220. The Kier molecular flexibility index (Phi) is 15.7. The highest BCUT2D eigenvalue weighted by Gasteiger charge is 2.38. The van der Waals surface area contributed by atoms with Crippen LogP contribution < -0.4 is 32.3 Å². The molecule has 1 aromatic heterocycles. The fourth-order valence-corrected chi connectivity index (χ4v) is 5.75. The van der Waals surface area contributed by atoms with Crippen molar-refractivity contribution in [3.8, 4) is 0 Å². The second-order valence-electron chi connectivity index (χ2n) is 9.89. The largest absolute Gasteiger partial charge is 0.490 e. The van der Waals surface area contributed by atoms with E-state index >= 15 is 0 Å². The van der Waals surface area contributed by atoms with Crippen molar-refractivity contribution in [3.63, 3.8) is 0 Å². The van der Waals surface area contributed by atoms with Crippen LogP contribution in [0, 0.1) is 5.92 Å². The van der Waals surface area contributed by atoms with Gasteiger partial charge in [0.25, 0.3) is 0 Å². The number of halogens is 3. The molecule has 1 aliphatic rings. The van der Waals surface area contributed by atoms with E-state index in [1.807, 2.05) is 0 Å². The van der Waals surface area contributed by atoms with Crippen LogP contribution in [0.25, 0.3) is 0 Å². The maximum atomic E-state index is 13.1. The fraction of sp³-hybridized carbons (Fsp3) is 0.583. The molecule has 0 aromatic carbocycles. The lowest BCUT2D eigenvalue weighted by molar-refractivity contribution is -0.192. The average molecular weight is 685 g/mol. The second-order valence-corrected chi connectivity index (χ2v) is 12.4. The number of aromatic nitrogens is 2. The van der Waals surface area contributed by atoms with E-state index in [2.05, 4.69) is 36.6 Å². The summed E-state index contributed by atoms with van der Waals surface area (Å²) in [5.74, 6) is -6.65. The van der Waals surface area contributed by atoms with Gasteiger partial charge in [-0.3, -0.25) is 28.8 Å². The maximum absolute atomic E-state index is 13.1. The van der Waals surface area contributed by atoms with E-state index < -0.39 is 77.8 Å². The number of alkyl halides is 3. The standard InChI is InChI=1S/C22H34N8O6S2.C2HF3O2/c1-10(2)17-22(36)29-15(18(23)32)7-37-38-8-16(27-12(4)31)21(35)28-14(5-13-6-24-9-25-13)20(34)26-11(3)19(33)30-17;3-2(4,5)1(6)7/h6,9-11,14-17H,5,7-8H2,1-4H3,(H2,23,32)(H,24,25)(H,26,34)(H,27,31)(H,28,35)(H,29,36)(H,30,33);(H,6,7)/t11-,14-,15?,16-,17?;/m0./s1. The predicted octanol–water partition coefficient (Wildman–Crippen LogP) is -1.41. The minimum Gasteiger partial charge on any atom is -0.475 e. The van der Waals surface area contributed by atoms with Gasteiger partial charge >= 0.3 is 12.1 Å². The zero-order chi connectivity index (χ0) is 34.5. The molecule has 45 heavy (non-hydrogen) atoms. The lowest BCUT2D eigenvalue weighted by atomic mass is 10.0. The molecule has 1 aromatic rings. The molecule has 0 aliphatic carbocycles. The van der Waals surface area contributed by atoms with Gasteiger partial charge in [0.2, 0.25) is 35.4 Å². The molecule has 1 saturated heterocycles. The highest BCUT2D eigenvalue weighted by atomic mass is 33.1. The van der Waals surface area contributed by atoms with Crippen LogP contribution in [-0.4, -0.2) is 104 Å². The number of nitrogens with zero attached hydrogens (tertiary/aromatic N) is 1. The summed E-state index contributed by atoms with van der Waals surface area (Å²) in [5, 5.41) is 20.0. The molecular weight excluding hydrogens is 649 g/mol. The molecule has 16 nitrogen and oxygen atoms in total. The van der Waals surface area contributed by atoms with Crippen molar-refractivity contribution in [2.75, 3.05) is 11.5 Å². The number of carboxylic acid groups (broad SMARTS) is 1. The molecule has 5 atom stereocenters. The topological polar surface area (TPSA) is 255 Å². The lowest BCUT2D eigenvalue weighted by Gasteiger charge is -2.26. The number of imidazole rings is 1. The zero-order valence-electron chi connectivity index (χ0n) is 24.5. The molecule has 6 amide bonds. The van der Waals surface area contributed by atoms with Crippen molar-refractivity contribution >= 4 is 63.0 Å². The second kappa shape index (κ2) is 18.1. The maximum Gasteiger partial charge on any atom is 0.490 e. The highest BCUT2D eigenvalue weighted by molar-refractivity contribution is 8.76. The van der Waals surface area contributed by atoms with Crippen LogP contribution in [-0.2, 0) is 40.0 Å². The van der Waals surface area contributed by atoms with Gasteiger partial charge in [-0.25, -0.2) is 9.78 Å². The number of H-pyrrole nitrogens is 1. The van der Waals surface area contributed by atoms with Crippen molar-refractivity contribution in [2.45, 2.75) is 70.5 Å². The third kappa shape index (κ3) is 14.1. The SMILES string of the molecule is CC(=O)N[C@H]1CSSCC(C(N)=O)NC(=O)C(C(C)C)NC(=O)[C@H](C)NC(=O)[C@H](Cc2cnc[nH]2)NC1=O.O=C(O)C(F)(F)F. The quantitative estimate of drug-likeness (QED) is 0.167. The van der Waals surface area contributed by atoms with E-state index in [9.17, 15) is 41.9 Å². The third-order valence-electron chi connectivity index (χ3n) is 5.76. The smallest absolute Gasteiger partial charge is 0.475 e. The summed E-state index contributed by atoms with van der Waals surface area (Å²) in [6.45, 7) is 6.13. The van der Waals surface area contributed by atoms with Crippen LogP contribution in [0.5, 0.6) is 0 Å². The van der Waals surface area contributed by atoms with Crippen LogP contribution in [0.2, 0.25) is 0 Å². The summed E-state index contributed by atoms with van der Waals surface area (Å²) in [6.07, 6.45) is -2.12. The number of primary amides is 1. The van der Waals surface area contributed by atoms with Crippen molar-refractivity contribution in [1.29, 1.82) is 0 Å². The van der Waals surface area contributed by atoms with E-state index in [1.165, 1.54) is 48.0 Å². The van der Waals surface area contributed by atoms with E-state index in [0.717, 1.165) is 0 Å². The molecular formula is C24H35F3N8O8S2. The summed E-state index contributed by atoms with van der Waals surface area (Å²) in [6, 6.07) is -5.23. The van der Waals surface area contributed by atoms with Gasteiger partial charge < -0.3 is 42.4 Å². The summed E-state index contributed by atoms with van der Waals surface area (Å²) in [4.78, 5) is 91.5. The van der Waals surface area contributed by atoms with Crippen molar-refractivity contribution < 1.29 is 51.8 Å². The number of rotatable bonds is 5. The number of aromatic amines is 1. The van der Waals surface area contributed by atoms with Gasteiger partial charge in [0.1, 0.15) is 30.2 Å². The number of nitrogens with two attached hydrogens (primary N) is 1. The van der Waals surface area contributed by atoms with Crippen LogP contribution in [0.4, 0.5) is 13.2 Å². The Labute approximate surface area is 263 Å². The van der Waals surface area contributed by atoms with Crippen LogP contribution in [0.15, 0.2) is 12.5 Å². The monoisotopic (exact) mass is 684 g/mol. The first-order valence-electron chi connectivity index (χ1n) is 13.1. The number of amides is 6. The normalized spacial score (nSPS) is 24.0. The molecule has 0 spiro atoms. The van der Waals surface area contributed by atoms with Crippen molar-refractivity contribution in [1.82, 2.24) is 36.6 Å². The van der Waals surface area contributed by atoms with Gasteiger partial charge in [-0.1, -0.05) is 35.4 Å². The number of carbonyl (C=O) groups excluding carboxylic acids is 6. The summed E-state index contributed by atoms with van der Waals surface area (Å²) in [7, 11) is 2.35. The number of carbonyl (C=O) groups is 7. The van der Waals surface area contributed by atoms with Gasteiger partial charge in [0.05, 0.1) is 6.33 Å². The molecule has 0 saturated carbocycles. The van der Waals surface area contributed by atoms with Gasteiger partial charge in [0, 0.05) is 36.7 Å². The van der Waals surface area contributed by atoms with Crippen LogP contribution >= 0.6 is 21.6 Å². The Morgan fingerprint density at radius 2 is 1.62 bits per heavy atom. The summed E-state index contributed by atoms with van der Waals surface area (Å²) in [5.41, 5.74) is 6.02. The fourth-order valence-electron chi connectivity index (χ4n) is 3.41. The van der Waals surface area contributed by atoms with E-state index in [0.29, 0.717) is 5.69 Å². The number of nitrogens with one attached hydrogen (secondary N) is 6. The molecule has 0 radical (unpaired) electrons. The molecule has 0 bridgehead atoms. The van der Waals surface area contributed by atoms with Gasteiger partial charge in [-0.2, -0.15) is 13.2 Å². The molecule has 21 heteroatoms. The van der Waals surface area contributed by atoms with Gasteiger partial charge in [0.15, 0.2) is 0 Å². The van der Waals surface area contributed by atoms with Crippen LogP contribution in [0.3, 0.4) is 0 Å². The van der Waals surface area contributed by atoms with Gasteiger partial charge in [-0.05, 0) is 12.8 Å². The number of aliphatic carboxylic acids is 1. The Morgan fingerprint density at radius 1 is 1.02 bits per heavy atom. The summed E-state index contributed by atoms with van der Waals surface area (Å²) >= 11 is 0. The lowest BCUT2D eigenvalue weighted by Crippen LogP contribution is -2.59. The average Bonchev–Trinajstić information content (AvgIpc) is 3.43. The Hall–Kier alpha value is -4.01. The van der Waals surface area contributed by atoms with E-state index in [-0.39, 0.29) is 23.8 Å². The highest BCUT2D eigenvalue weighted by Crippen LogP contribution is 2.23. The molecule has 2 unspecified atom stereocenters. The Balaban J connectivity index is 0.00000129. The number of hydrogen-bond donors (Lipinski definition) is 8. The van der Waals surface area contributed by atoms with Gasteiger partial charge in [-0.15, -0.1) is 0 Å².